The molecule has 4 nitrogen and oxygen atoms in total. The number of nitrogens with one attached hydrogen (secondary N) is 2. The van der Waals surface area contributed by atoms with Gasteiger partial charge in [0.05, 0.1) is 5.92 Å². The monoisotopic (exact) mass is 300 g/mol. The Bertz CT molecular complexity index is 662. The molecule has 2 aromatic rings. The van der Waals surface area contributed by atoms with Crippen LogP contribution in [0.5, 0.6) is 0 Å². The second-order valence-corrected chi connectivity index (χ2v) is 6.20. The maximum Gasteiger partial charge on any atom is 0.312 e. The van der Waals surface area contributed by atoms with Crippen LogP contribution in [0.25, 0.3) is 10.9 Å². The summed E-state index contributed by atoms with van der Waals surface area (Å²) in [5.41, 5.74) is 3.11. The molecule has 3 rings (SSSR count). The van der Waals surface area contributed by atoms with Gasteiger partial charge in [0.1, 0.15) is 0 Å². The molecule has 2 heterocycles. The largest absolute Gasteiger partial charge is 0.481 e. The van der Waals surface area contributed by atoms with E-state index >= 15 is 0 Å². The highest BCUT2D eigenvalue weighted by Crippen LogP contribution is 2.37. The molecule has 0 radical (unpaired) electrons. The van der Waals surface area contributed by atoms with Crippen molar-refractivity contribution in [3.63, 3.8) is 0 Å². The average Bonchev–Trinajstić information content (AvgIpc) is 2.91. The van der Waals surface area contributed by atoms with E-state index in [4.69, 9.17) is 0 Å². The summed E-state index contributed by atoms with van der Waals surface area (Å²) in [5.74, 6) is -1.21. The predicted molar refractivity (Wildman–Crippen MR) is 88.2 cm³/mol. The molecule has 3 N–H and O–H groups in total. The van der Waals surface area contributed by atoms with E-state index < -0.39 is 11.9 Å². The Morgan fingerprint density at radius 3 is 2.86 bits per heavy atom. The highest BCUT2D eigenvalue weighted by atomic mass is 16.4. The molecule has 0 fully saturated rings. The number of carboxylic acids is 1. The van der Waals surface area contributed by atoms with E-state index in [1.807, 2.05) is 24.3 Å². The lowest BCUT2D eigenvalue weighted by molar-refractivity contribution is -0.138. The van der Waals surface area contributed by atoms with Gasteiger partial charge in [0, 0.05) is 29.2 Å². The molecule has 22 heavy (non-hydrogen) atoms. The van der Waals surface area contributed by atoms with Gasteiger partial charge >= 0.3 is 5.97 Å². The zero-order valence-corrected chi connectivity index (χ0v) is 13.1. The Morgan fingerprint density at radius 1 is 1.27 bits per heavy atom. The van der Waals surface area contributed by atoms with E-state index in [2.05, 4.69) is 17.2 Å². The highest BCUT2D eigenvalue weighted by molar-refractivity contribution is 5.91. The van der Waals surface area contributed by atoms with Crippen LogP contribution in [0.15, 0.2) is 24.3 Å². The first-order chi connectivity index (χ1) is 10.7. The normalized spacial score (nSPS) is 21.0. The van der Waals surface area contributed by atoms with Crippen molar-refractivity contribution in [3.8, 4) is 0 Å². The number of hydrogen-bond donors (Lipinski definition) is 3. The second-order valence-electron chi connectivity index (χ2n) is 6.20. The van der Waals surface area contributed by atoms with Crippen molar-refractivity contribution in [2.24, 2.45) is 0 Å². The van der Waals surface area contributed by atoms with Crippen LogP contribution >= 0.6 is 0 Å². The summed E-state index contributed by atoms with van der Waals surface area (Å²) in [4.78, 5) is 15.1. The number of rotatable bonds is 6. The fourth-order valence-corrected chi connectivity index (χ4v) is 3.53. The van der Waals surface area contributed by atoms with E-state index in [0.717, 1.165) is 28.6 Å². The molecule has 2 atom stereocenters. The maximum atomic E-state index is 11.6. The number of aromatic amines is 1. The van der Waals surface area contributed by atoms with Gasteiger partial charge in [0.2, 0.25) is 0 Å². The first-order valence-corrected chi connectivity index (χ1v) is 8.29. The Hall–Kier alpha value is -1.81. The van der Waals surface area contributed by atoms with Gasteiger partial charge < -0.3 is 15.4 Å². The predicted octanol–water partition coefficient (Wildman–Crippen LogP) is 3.95. The van der Waals surface area contributed by atoms with Crippen LogP contribution in [0.2, 0.25) is 0 Å². The molecule has 0 spiro atoms. The standard InChI is InChI=1S/C18H24N2O2/c1-2-3-4-5-10-15-17-16(13(11-19-15)18(21)22)12-8-6-7-9-14(12)20-17/h6-9,13,15,19-20H,2-5,10-11H2,1H3,(H,21,22)/t13-,15+/m0/s1. The molecule has 1 aliphatic rings. The third kappa shape index (κ3) is 2.75. The number of hydrogen-bond acceptors (Lipinski definition) is 2. The van der Waals surface area contributed by atoms with Gasteiger partial charge in [0.15, 0.2) is 0 Å². The van der Waals surface area contributed by atoms with E-state index in [-0.39, 0.29) is 6.04 Å². The van der Waals surface area contributed by atoms with E-state index in [1.165, 1.54) is 25.7 Å². The van der Waals surface area contributed by atoms with Gasteiger partial charge in [-0.05, 0) is 18.1 Å². The third-order valence-electron chi connectivity index (χ3n) is 4.69. The fraction of sp³-hybridized carbons (Fsp3) is 0.500. The van der Waals surface area contributed by atoms with Crippen LogP contribution in [-0.4, -0.2) is 22.6 Å². The van der Waals surface area contributed by atoms with E-state index in [0.29, 0.717) is 6.54 Å². The lowest BCUT2D eigenvalue weighted by Crippen LogP contribution is -2.36. The summed E-state index contributed by atoms with van der Waals surface area (Å²) >= 11 is 0. The SMILES string of the molecule is CCCCCC[C@H]1NC[C@H](C(=O)O)c2c1[nH]c1ccccc21. The Morgan fingerprint density at radius 2 is 2.09 bits per heavy atom. The summed E-state index contributed by atoms with van der Waals surface area (Å²) < 4.78 is 0. The summed E-state index contributed by atoms with van der Waals surface area (Å²) in [6.07, 6.45) is 5.98. The maximum absolute atomic E-state index is 11.6. The van der Waals surface area contributed by atoms with Gasteiger partial charge in [-0.3, -0.25) is 4.79 Å². The second kappa shape index (κ2) is 6.53. The van der Waals surface area contributed by atoms with Gasteiger partial charge in [-0.15, -0.1) is 0 Å². The Labute approximate surface area is 130 Å². The molecule has 0 aliphatic carbocycles. The first-order valence-electron chi connectivity index (χ1n) is 8.29. The molecule has 1 aromatic carbocycles. The number of benzene rings is 1. The lowest BCUT2D eigenvalue weighted by atomic mass is 9.88. The Balaban J connectivity index is 1.92. The average molecular weight is 300 g/mol. The molecule has 0 saturated carbocycles. The molecule has 0 bridgehead atoms. The van der Waals surface area contributed by atoms with Crippen LogP contribution in [0.3, 0.4) is 0 Å². The molecule has 0 unspecified atom stereocenters. The molecule has 4 heteroatoms. The minimum absolute atomic E-state index is 0.245. The number of fused-ring (bicyclic) bond motifs is 3. The zero-order chi connectivity index (χ0) is 15.5. The minimum atomic E-state index is -0.747. The number of carboxylic acid groups (broad SMARTS) is 1. The van der Waals surface area contributed by atoms with Crippen LogP contribution in [0, 0.1) is 0 Å². The van der Waals surface area contributed by atoms with Gasteiger partial charge in [-0.1, -0.05) is 50.8 Å². The number of para-hydroxylation sites is 1. The summed E-state index contributed by atoms with van der Waals surface area (Å²) in [6.45, 7) is 2.73. The molecule has 1 aliphatic heterocycles. The summed E-state index contributed by atoms with van der Waals surface area (Å²) in [6, 6.07) is 8.27. The summed E-state index contributed by atoms with van der Waals surface area (Å²) in [5, 5.41) is 14.0. The van der Waals surface area contributed by atoms with Crippen LogP contribution in [0.1, 0.15) is 62.2 Å². The molecule has 118 valence electrons. The van der Waals surface area contributed by atoms with Crippen LogP contribution in [-0.2, 0) is 4.79 Å². The lowest BCUT2D eigenvalue weighted by Gasteiger charge is -2.28. The van der Waals surface area contributed by atoms with Gasteiger partial charge in [-0.25, -0.2) is 0 Å². The quantitative estimate of drug-likeness (QED) is 0.708. The van der Waals surface area contributed by atoms with Crippen LogP contribution < -0.4 is 5.32 Å². The van der Waals surface area contributed by atoms with Crippen molar-refractivity contribution < 1.29 is 9.90 Å². The van der Waals surface area contributed by atoms with Gasteiger partial charge in [0.25, 0.3) is 0 Å². The topological polar surface area (TPSA) is 65.1 Å². The molecular formula is C18H24N2O2. The molecule has 1 aromatic heterocycles. The number of unbranched alkanes of at least 4 members (excludes halogenated alkanes) is 3. The van der Waals surface area contributed by atoms with Crippen molar-refractivity contribution >= 4 is 16.9 Å². The van der Waals surface area contributed by atoms with Crippen molar-refractivity contribution in [1.29, 1.82) is 0 Å². The smallest absolute Gasteiger partial charge is 0.312 e. The van der Waals surface area contributed by atoms with Gasteiger partial charge in [-0.2, -0.15) is 0 Å². The van der Waals surface area contributed by atoms with Crippen molar-refractivity contribution in [2.45, 2.75) is 51.0 Å². The number of carbonyl (C=O) groups is 1. The Kier molecular flexibility index (Phi) is 4.48. The minimum Gasteiger partial charge on any atom is -0.481 e. The first kappa shape index (κ1) is 15.1. The zero-order valence-electron chi connectivity index (χ0n) is 13.1. The molecule has 0 amide bonds. The van der Waals surface area contributed by atoms with Crippen molar-refractivity contribution in [3.05, 3.63) is 35.5 Å². The third-order valence-corrected chi connectivity index (χ3v) is 4.69. The summed E-state index contributed by atoms with van der Waals surface area (Å²) in [7, 11) is 0. The van der Waals surface area contributed by atoms with E-state index in [9.17, 15) is 9.90 Å². The molecule has 0 saturated heterocycles. The van der Waals surface area contributed by atoms with Crippen LogP contribution in [0.4, 0.5) is 0 Å². The number of H-pyrrole nitrogens is 1. The fourth-order valence-electron chi connectivity index (χ4n) is 3.53. The van der Waals surface area contributed by atoms with Crippen molar-refractivity contribution in [2.75, 3.05) is 6.54 Å². The highest BCUT2D eigenvalue weighted by Gasteiger charge is 2.34. The van der Waals surface area contributed by atoms with Crippen molar-refractivity contribution in [1.82, 2.24) is 10.3 Å². The molecular weight excluding hydrogens is 276 g/mol. The number of aliphatic carboxylic acids is 1. The number of aromatic nitrogens is 1. The van der Waals surface area contributed by atoms with E-state index in [1.54, 1.807) is 0 Å².